The lowest BCUT2D eigenvalue weighted by atomic mass is 10.1. The van der Waals surface area contributed by atoms with Crippen LogP contribution < -0.4 is 14.9 Å². The van der Waals surface area contributed by atoms with Crippen molar-refractivity contribution in [3.8, 4) is 11.5 Å². The fraction of sp³-hybridized carbons (Fsp3) is 0.143. The third-order valence-electron chi connectivity index (χ3n) is 3.07. The van der Waals surface area contributed by atoms with Gasteiger partial charge in [0.05, 0.1) is 30.3 Å². The summed E-state index contributed by atoms with van der Waals surface area (Å²) in [6, 6.07) is 5.28. The van der Waals surface area contributed by atoms with Gasteiger partial charge in [-0.15, -0.1) is 0 Å². The van der Waals surface area contributed by atoms with Crippen LogP contribution in [0.4, 0.5) is 17.2 Å². The van der Waals surface area contributed by atoms with Crippen LogP contribution in [0.25, 0.3) is 0 Å². The Morgan fingerprint density at radius 1 is 1.12 bits per heavy atom. The number of anilines is 1. The zero-order valence-electron chi connectivity index (χ0n) is 13.2. The van der Waals surface area contributed by atoms with E-state index in [1.54, 1.807) is 0 Å². The van der Waals surface area contributed by atoms with Gasteiger partial charge in [-0.1, -0.05) is 0 Å². The van der Waals surface area contributed by atoms with Crippen molar-refractivity contribution in [1.82, 2.24) is 4.98 Å². The van der Waals surface area contributed by atoms with Gasteiger partial charge in [0.2, 0.25) is 5.75 Å². The van der Waals surface area contributed by atoms with Crippen molar-refractivity contribution < 1.29 is 19.3 Å². The van der Waals surface area contributed by atoms with Gasteiger partial charge in [-0.25, -0.2) is 4.98 Å². The largest absolute Gasteiger partial charge is 0.496 e. The van der Waals surface area contributed by atoms with Gasteiger partial charge in [0.1, 0.15) is 17.8 Å². The van der Waals surface area contributed by atoms with Crippen LogP contribution in [-0.4, -0.2) is 35.3 Å². The molecule has 0 atom stereocenters. The molecular weight excluding hydrogens is 334 g/mol. The molecule has 0 aliphatic heterocycles. The topological polar surface area (TPSA) is 142 Å². The lowest BCUT2D eigenvalue weighted by Gasteiger charge is -2.08. The van der Waals surface area contributed by atoms with Crippen molar-refractivity contribution in [3.05, 3.63) is 56.3 Å². The Morgan fingerprint density at radius 2 is 1.84 bits per heavy atom. The fourth-order valence-electron chi connectivity index (χ4n) is 1.88. The molecule has 0 amide bonds. The summed E-state index contributed by atoms with van der Waals surface area (Å²) in [7, 11) is 2.72. The first-order valence-electron chi connectivity index (χ1n) is 6.76. The maximum absolute atomic E-state index is 11.1. The number of hydrazone groups is 1. The van der Waals surface area contributed by atoms with E-state index in [1.807, 2.05) is 0 Å². The van der Waals surface area contributed by atoms with Gasteiger partial charge in [-0.05, 0) is 6.07 Å². The first-order chi connectivity index (χ1) is 12.0. The highest BCUT2D eigenvalue weighted by molar-refractivity contribution is 5.86. The Morgan fingerprint density at radius 3 is 2.36 bits per heavy atom. The summed E-state index contributed by atoms with van der Waals surface area (Å²) in [6.45, 7) is 0. The maximum atomic E-state index is 11.1. The third-order valence-corrected chi connectivity index (χ3v) is 3.07. The Balaban J connectivity index is 2.23. The highest BCUT2D eigenvalue weighted by Gasteiger charge is 2.18. The molecule has 1 aromatic heterocycles. The summed E-state index contributed by atoms with van der Waals surface area (Å²) in [5, 5.41) is 25.5. The molecule has 0 unspecified atom stereocenters. The Kier molecular flexibility index (Phi) is 5.40. The summed E-state index contributed by atoms with van der Waals surface area (Å²) in [5.41, 5.74) is 2.52. The van der Waals surface area contributed by atoms with E-state index in [0.717, 1.165) is 6.20 Å². The van der Waals surface area contributed by atoms with Crippen molar-refractivity contribution in [2.24, 2.45) is 5.10 Å². The number of ether oxygens (including phenoxy) is 2. The van der Waals surface area contributed by atoms with Crippen molar-refractivity contribution >= 4 is 23.4 Å². The molecule has 0 bridgehead atoms. The molecule has 11 heteroatoms. The lowest BCUT2D eigenvalue weighted by molar-refractivity contribution is -0.385. The predicted octanol–water partition coefficient (Wildman–Crippen LogP) is 2.36. The number of hydrogen-bond acceptors (Lipinski definition) is 9. The minimum Gasteiger partial charge on any atom is -0.496 e. The number of rotatable bonds is 7. The number of nitro groups is 2. The molecule has 2 aromatic rings. The smallest absolute Gasteiger partial charge is 0.311 e. The maximum Gasteiger partial charge on any atom is 0.311 e. The molecule has 0 spiro atoms. The monoisotopic (exact) mass is 347 g/mol. The van der Waals surface area contributed by atoms with Crippen LogP contribution in [0.5, 0.6) is 11.5 Å². The van der Waals surface area contributed by atoms with Gasteiger partial charge in [0.15, 0.2) is 0 Å². The first-order valence-corrected chi connectivity index (χ1v) is 6.76. The van der Waals surface area contributed by atoms with Gasteiger partial charge < -0.3 is 9.47 Å². The second-order valence-corrected chi connectivity index (χ2v) is 4.55. The molecule has 1 N–H and O–H groups in total. The molecule has 1 aromatic carbocycles. The standard InChI is InChI=1S/C14H13N5O6/c1-24-12-6-13(25-2)11(19(22)23)5-9(12)7-16-17-14-4-3-10(8-15-14)18(20)21/h3-8H,1-2H3,(H,15,17)/b16-7+. The Hall–Kier alpha value is -3.76. The zero-order valence-corrected chi connectivity index (χ0v) is 13.2. The molecule has 1 heterocycles. The summed E-state index contributed by atoms with van der Waals surface area (Å²) < 4.78 is 10.1. The minimum atomic E-state index is -0.582. The van der Waals surface area contributed by atoms with Crippen LogP contribution in [0.1, 0.15) is 5.56 Å². The Bertz CT molecular complexity index is 821. The van der Waals surface area contributed by atoms with E-state index < -0.39 is 9.85 Å². The molecule has 0 saturated carbocycles. The average Bonchev–Trinajstić information content (AvgIpc) is 2.61. The van der Waals surface area contributed by atoms with Gasteiger partial charge >= 0.3 is 5.69 Å². The van der Waals surface area contributed by atoms with E-state index in [2.05, 4.69) is 15.5 Å². The fourth-order valence-corrected chi connectivity index (χ4v) is 1.88. The van der Waals surface area contributed by atoms with Crippen molar-refractivity contribution in [3.63, 3.8) is 0 Å². The van der Waals surface area contributed by atoms with Gasteiger partial charge in [0, 0.05) is 23.8 Å². The predicted molar refractivity (Wildman–Crippen MR) is 88.3 cm³/mol. The number of aromatic nitrogens is 1. The molecule has 130 valence electrons. The van der Waals surface area contributed by atoms with Crippen LogP contribution in [0, 0.1) is 20.2 Å². The normalized spacial score (nSPS) is 10.5. The van der Waals surface area contributed by atoms with Gasteiger partial charge in [0.25, 0.3) is 5.69 Å². The zero-order chi connectivity index (χ0) is 18.4. The molecule has 0 saturated heterocycles. The van der Waals surface area contributed by atoms with Crippen molar-refractivity contribution in [2.75, 3.05) is 19.6 Å². The SMILES string of the molecule is COc1cc(OC)c([N+](=O)[O-])cc1/C=N/Nc1ccc([N+](=O)[O-])cn1. The molecule has 0 aliphatic rings. The van der Waals surface area contributed by atoms with Crippen LogP contribution >= 0.6 is 0 Å². The number of hydrogen-bond donors (Lipinski definition) is 1. The molecule has 2 rings (SSSR count). The summed E-state index contributed by atoms with van der Waals surface area (Å²) in [5.74, 6) is 0.650. The minimum absolute atomic E-state index is 0.0593. The third kappa shape index (κ3) is 4.16. The number of methoxy groups -OCH3 is 2. The van der Waals surface area contributed by atoms with Crippen LogP contribution in [-0.2, 0) is 0 Å². The van der Waals surface area contributed by atoms with Crippen molar-refractivity contribution in [1.29, 1.82) is 0 Å². The second kappa shape index (κ2) is 7.68. The van der Waals surface area contributed by atoms with Crippen LogP contribution in [0.3, 0.4) is 0 Å². The lowest BCUT2D eigenvalue weighted by Crippen LogP contribution is -2.00. The van der Waals surface area contributed by atoms with E-state index >= 15 is 0 Å². The molecule has 11 nitrogen and oxygen atoms in total. The van der Waals surface area contributed by atoms with Gasteiger partial charge in [-0.2, -0.15) is 5.10 Å². The molecule has 25 heavy (non-hydrogen) atoms. The van der Waals surface area contributed by atoms with E-state index in [1.165, 1.54) is 44.7 Å². The summed E-state index contributed by atoms with van der Waals surface area (Å²) in [4.78, 5) is 24.3. The molecule has 0 radical (unpaired) electrons. The van der Waals surface area contributed by atoms with Crippen molar-refractivity contribution in [2.45, 2.75) is 0 Å². The molecular formula is C14H13N5O6. The molecule has 0 fully saturated rings. The average molecular weight is 347 g/mol. The van der Waals surface area contributed by atoms with E-state index in [0.29, 0.717) is 11.3 Å². The highest BCUT2D eigenvalue weighted by atomic mass is 16.6. The summed E-state index contributed by atoms with van der Waals surface area (Å²) in [6.07, 6.45) is 2.38. The highest BCUT2D eigenvalue weighted by Crippen LogP contribution is 2.33. The summed E-state index contributed by atoms with van der Waals surface area (Å²) >= 11 is 0. The van der Waals surface area contributed by atoms with Gasteiger partial charge in [-0.3, -0.25) is 25.7 Å². The van der Waals surface area contributed by atoms with E-state index in [9.17, 15) is 20.2 Å². The quantitative estimate of drug-likeness (QED) is 0.457. The van der Waals surface area contributed by atoms with E-state index in [4.69, 9.17) is 9.47 Å². The second-order valence-electron chi connectivity index (χ2n) is 4.55. The number of nitro benzene ring substituents is 1. The van der Waals surface area contributed by atoms with Crippen LogP contribution in [0.15, 0.2) is 35.6 Å². The van der Waals surface area contributed by atoms with Crippen LogP contribution in [0.2, 0.25) is 0 Å². The number of nitrogens with one attached hydrogen (secondary N) is 1. The molecule has 0 aliphatic carbocycles. The number of nitrogens with zero attached hydrogens (tertiary/aromatic N) is 4. The Labute approximate surface area is 141 Å². The first kappa shape index (κ1) is 17.6. The van der Waals surface area contributed by atoms with E-state index in [-0.39, 0.29) is 22.9 Å². The number of benzene rings is 1. The number of pyridine rings is 1.